The second kappa shape index (κ2) is 3.75. The van der Waals surface area contributed by atoms with Gasteiger partial charge < -0.3 is 4.90 Å². The quantitative estimate of drug-likeness (QED) is 0.769. The number of fused-ring (bicyclic) bond motifs is 2. The first kappa shape index (κ1) is 11.4. The van der Waals surface area contributed by atoms with Crippen molar-refractivity contribution in [3.05, 3.63) is 16.0 Å². The third kappa shape index (κ3) is 1.51. The van der Waals surface area contributed by atoms with Gasteiger partial charge in [0.1, 0.15) is 11.5 Å². The minimum Gasteiger partial charge on any atom is -0.329 e. The number of amides is 1. The summed E-state index contributed by atoms with van der Waals surface area (Å²) in [6, 6.07) is 0. The minimum atomic E-state index is 0. The average Bonchev–Trinajstić information content (AvgIpc) is 2.65. The lowest BCUT2D eigenvalue weighted by Crippen LogP contribution is -2.31. The van der Waals surface area contributed by atoms with Crippen LogP contribution in [0.4, 0.5) is 5.00 Å². The maximum atomic E-state index is 11.2. The molecule has 0 bridgehead atoms. The number of hydrogen-bond donors (Lipinski definition) is 1. The molecule has 0 atom stereocenters. The summed E-state index contributed by atoms with van der Waals surface area (Å²) >= 11 is 1.70. The Bertz CT molecular complexity index is 494. The molecular formula is C10H12ClN3OS. The van der Waals surface area contributed by atoms with Crippen LogP contribution in [0, 0.1) is 13.8 Å². The molecule has 0 saturated carbocycles. The molecule has 0 aromatic carbocycles. The fourth-order valence-corrected chi connectivity index (χ4v) is 2.98. The number of guanidine groups is 1. The van der Waals surface area contributed by atoms with E-state index in [0.717, 1.165) is 11.5 Å². The van der Waals surface area contributed by atoms with Crippen LogP contribution >= 0.6 is 23.7 Å². The molecule has 2 aliphatic heterocycles. The van der Waals surface area contributed by atoms with E-state index in [-0.39, 0.29) is 18.3 Å². The van der Waals surface area contributed by atoms with Crippen LogP contribution in [0.2, 0.25) is 0 Å². The molecule has 0 spiro atoms. The van der Waals surface area contributed by atoms with Crippen LogP contribution in [-0.4, -0.2) is 23.3 Å². The lowest BCUT2D eigenvalue weighted by Gasteiger charge is -2.20. The van der Waals surface area contributed by atoms with Crippen LogP contribution in [-0.2, 0) is 11.3 Å². The Labute approximate surface area is 104 Å². The SMILES string of the molecule is Cc1sc2c(c1C)CN1CC(=O)NC1=N2.Cl. The molecule has 6 heteroatoms. The normalized spacial score (nSPS) is 17.2. The largest absolute Gasteiger partial charge is 0.329 e. The van der Waals surface area contributed by atoms with Crippen molar-refractivity contribution in [2.24, 2.45) is 4.99 Å². The molecular weight excluding hydrogens is 246 g/mol. The Kier molecular flexibility index (Phi) is 2.67. The van der Waals surface area contributed by atoms with Crippen molar-refractivity contribution in [3.63, 3.8) is 0 Å². The molecule has 2 aliphatic rings. The van der Waals surface area contributed by atoms with Gasteiger partial charge in [0.2, 0.25) is 11.9 Å². The van der Waals surface area contributed by atoms with Crippen LogP contribution in [0.15, 0.2) is 4.99 Å². The van der Waals surface area contributed by atoms with Gasteiger partial charge in [0.05, 0.1) is 0 Å². The highest BCUT2D eigenvalue weighted by Gasteiger charge is 2.30. The van der Waals surface area contributed by atoms with Gasteiger partial charge in [-0.3, -0.25) is 10.1 Å². The number of aliphatic imine (C=N–C) groups is 1. The molecule has 1 amide bonds. The van der Waals surface area contributed by atoms with Gasteiger partial charge >= 0.3 is 0 Å². The maximum Gasteiger partial charge on any atom is 0.246 e. The Morgan fingerprint density at radius 1 is 1.38 bits per heavy atom. The number of carbonyl (C=O) groups is 1. The van der Waals surface area contributed by atoms with Crippen molar-refractivity contribution in [1.82, 2.24) is 10.2 Å². The number of hydrogen-bond acceptors (Lipinski definition) is 4. The van der Waals surface area contributed by atoms with Crippen molar-refractivity contribution >= 4 is 40.6 Å². The first-order valence-electron chi connectivity index (χ1n) is 4.87. The number of nitrogens with one attached hydrogen (secondary N) is 1. The van der Waals surface area contributed by atoms with E-state index in [0.29, 0.717) is 12.5 Å². The molecule has 1 N–H and O–H groups in total. The molecule has 1 aromatic rings. The number of aryl methyl sites for hydroxylation is 1. The first-order chi connectivity index (χ1) is 7.15. The fourth-order valence-electron chi connectivity index (χ4n) is 1.94. The highest BCUT2D eigenvalue weighted by molar-refractivity contribution is 7.16. The summed E-state index contributed by atoms with van der Waals surface area (Å²) in [4.78, 5) is 19.0. The minimum absolute atomic E-state index is 0. The summed E-state index contributed by atoms with van der Waals surface area (Å²) in [5, 5.41) is 3.82. The molecule has 1 fully saturated rings. The van der Waals surface area contributed by atoms with Gasteiger partial charge in [-0.1, -0.05) is 0 Å². The molecule has 0 aliphatic carbocycles. The molecule has 3 rings (SSSR count). The number of nitrogens with zero attached hydrogens (tertiary/aromatic N) is 2. The van der Waals surface area contributed by atoms with Gasteiger partial charge in [0, 0.05) is 17.0 Å². The molecule has 0 unspecified atom stereocenters. The van der Waals surface area contributed by atoms with Crippen LogP contribution in [0.5, 0.6) is 0 Å². The predicted molar refractivity (Wildman–Crippen MR) is 66.7 cm³/mol. The summed E-state index contributed by atoms with van der Waals surface area (Å²) in [5.74, 6) is 0.757. The van der Waals surface area contributed by atoms with Crippen molar-refractivity contribution in [3.8, 4) is 0 Å². The fraction of sp³-hybridized carbons (Fsp3) is 0.400. The van der Waals surface area contributed by atoms with E-state index in [1.165, 1.54) is 16.0 Å². The lowest BCUT2D eigenvalue weighted by atomic mass is 10.1. The second-order valence-electron chi connectivity index (χ2n) is 3.91. The van der Waals surface area contributed by atoms with Crippen molar-refractivity contribution < 1.29 is 4.79 Å². The summed E-state index contributed by atoms with van der Waals surface area (Å²) < 4.78 is 0. The van der Waals surface area contributed by atoms with Crippen LogP contribution in [0.3, 0.4) is 0 Å². The van der Waals surface area contributed by atoms with E-state index in [1.807, 2.05) is 4.90 Å². The lowest BCUT2D eigenvalue weighted by molar-refractivity contribution is -0.118. The van der Waals surface area contributed by atoms with Crippen molar-refractivity contribution in [2.45, 2.75) is 20.4 Å². The number of halogens is 1. The molecule has 1 saturated heterocycles. The Balaban J connectivity index is 0.000000963. The van der Waals surface area contributed by atoms with Crippen LogP contribution < -0.4 is 5.32 Å². The molecule has 86 valence electrons. The number of thiophene rings is 1. The summed E-state index contributed by atoms with van der Waals surface area (Å²) in [5.41, 5.74) is 2.59. The smallest absolute Gasteiger partial charge is 0.246 e. The van der Waals surface area contributed by atoms with E-state index in [1.54, 1.807) is 11.3 Å². The Morgan fingerprint density at radius 2 is 2.12 bits per heavy atom. The average molecular weight is 258 g/mol. The summed E-state index contributed by atoms with van der Waals surface area (Å²) in [6.07, 6.45) is 0. The highest BCUT2D eigenvalue weighted by Crippen LogP contribution is 2.38. The third-order valence-electron chi connectivity index (χ3n) is 2.93. The predicted octanol–water partition coefficient (Wildman–Crippen LogP) is 1.72. The van der Waals surface area contributed by atoms with Gasteiger partial charge in [0.15, 0.2) is 0 Å². The maximum absolute atomic E-state index is 11.2. The zero-order valence-corrected chi connectivity index (χ0v) is 10.7. The zero-order chi connectivity index (χ0) is 10.6. The van der Waals surface area contributed by atoms with Crippen molar-refractivity contribution in [2.75, 3.05) is 6.54 Å². The highest BCUT2D eigenvalue weighted by atomic mass is 35.5. The summed E-state index contributed by atoms with van der Waals surface area (Å²) in [7, 11) is 0. The molecule has 16 heavy (non-hydrogen) atoms. The van der Waals surface area contributed by atoms with E-state index in [9.17, 15) is 4.79 Å². The Morgan fingerprint density at radius 3 is 2.88 bits per heavy atom. The van der Waals surface area contributed by atoms with Crippen molar-refractivity contribution in [1.29, 1.82) is 0 Å². The second-order valence-corrected chi connectivity index (χ2v) is 5.11. The van der Waals surface area contributed by atoms with E-state index >= 15 is 0 Å². The Hall–Kier alpha value is -1.07. The number of rotatable bonds is 0. The van der Waals surface area contributed by atoms with E-state index in [4.69, 9.17) is 0 Å². The monoisotopic (exact) mass is 257 g/mol. The van der Waals surface area contributed by atoms with E-state index in [2.05, 4.69) is 24.2 Å². The third-order valence-corrected chi connectivity index (χ3v) is 4.07. The van der Waals surface area contributed by atoms with E-state index < -0.39 is 0 Å². The standard InChI is InChI=1S/C10H11N3OS.ClH/c1-5-6(2)15-9-7(5)3-13-4-8(14)11-10(13)12-9;/h3-4H2,1-2H3,(H,11,12,14);1H. The molecule has 1 aromatic heterocycles. The number of carbonyl (C=O) groups excluding carboxylic acids is 1. The van der Waals surface area contributed by atoms with Crippen LogP contribution in [0.1, 0.15) is 16.0 Å². The van der Waals surface area contributed by atoms with Crippen LogP contribution in [0.25, 0.3) is 0 Å². The molecule has 0 radical (unpaired) electrons. The van der Waals surface area contributed by atoms with Gasteiger partial charge in [-0.15, -0.1) is 23.7 Å². The molecule has 3 heterocycles. The summed E-state index contributed by atoms with van der Waals surface area (Å²) in [6.45, 7) is 5.48. The zero-order valence-electron chi connectivity index (χ0n) is 9.03. The topological polar surface area (TPSA) is 44.7 Å². The molecule has 4 nitrogen and oxygen atoms in total. The van der Waals surface area contributed by atoms with Gasteiger partial charge in [0.25, 0.3) is 0 Å². The van der Waals surface area contributed by atoms with Gasteiger partial charge in [-0.05, 0) is 19.4 Å². The van der Waals surface area contributed by atoms with Gasteiger partial charge in [-0.2, -0.15) is 0 Å². The first-order valence-corrected chi connectivity index (χ1v) is 5.69. The van der Waals surface area contributed by atoms with Gasteiger partial charge in [-0.25, -0.2) is 4.99 Å².